The number of amides is 1. The van der Waals surface area contributed by atoms with Crippen molar-refractivity contribution >= 4 is 5.91 Å². The Morgan fingerprint density at radius 3 is 2.61 bits per heavy atom. The van der Waals surface area contributed by atoms with Gasteiger partial charge < -0.3 is 15.2 Å². The Bertz CT molecular complexity index is 407. The van der Waals surface area contributed by atoms with E-state index in [1.54, 1.807) is 0 Å². The average molecular weight is 263 g/mol. The molecule has 0 saturated carbocycles. The topological polar surface area (TPSA) is 58.6 Å². The van der Waals surface area contributed by atoms with Crippen LogP contribution in [-0.2, 0) is 0 Å². The van der Waals surface area contributed by atoms with Crippen molar-refractivity contribution in [2.45, 2.75) is 12.8 Å². The Hall–Kier alpha value is -1.76. The number of para-hydroxylation sites is 1. The zero-order valence-corrected chi connectivity index (χ0v) is 9.33. The summed E-state index contributed by atoms with van der Waals surface area (Å²) in [5.41, 5.74) is -0.201. The first-order chi connectivity index (χ1) is 8.44. The molecule has 0 saturated heterocycles. The first kappa shape index (κ1) is 14.3. The lowest BCUT2D eigenvalue weighted by molar-refractivity contribution is -0.274. The monoisotopic (exact) mass is 263 g/mol. The molecule has 0 heterocycles. The fraction of sp³-hybridized carbons (Fsp3) is 0.364. The molecule has 1 amide bonds. The van der Waals surface area contributed by atoms with Gasteiger partial charge in [-0.15, -0.1) is 13.2 Å². The minimum atomic E-state index is -4.85. The van der Waals surface area contributed by atoms with Gasteiger partial charge >= 0.3 is 6.36 Å². The van der Waals surface area contributed by atoms with E-state index < -0.39 is 18.0 Å². The van der Waals surface area contributed by atoms with E-state index in [4.69, 9.17) is 5.11 Å². The van der Waals surface area contributed by atoms with Gasteiger partial charge in [0.15, 0.2) is 0 Å². The summed E-state index contributed by atoms with van der Waals surface area (Å²) in [6.45, 7) is 0.0661. The number of carbonyl (C=O) groups excluding carboxylic acids is 1. The summed E-state index contributed by atoms with van der Waals surface area (Å²) in [6, 6.07) is 5.07. The number of rotatable bonds is 5. The van der Waals surface area contributed by atoms with E-state index in [9.17, 15) is 18.0 Å². The van der Waals surface area contributed by atoms with Crippen LogP contribution >= 0.6 is 0 Å². The van der Waals surface area contributed by atoms with E-state index in [-0.39, 0.29) is 18.7 Å². The van der Waals surface area contributed by atoms with Crippen LogP contribution in [0.2, 0.25) is 0 Å². The van der Waals surface area contributed by atoms with Crippen LogP contribution in [0.1, 0.15) is 16.8 Å². The molecule has 0 spiro atoms. The van der Waals surface area contributed by atoms with Crippen LogP contribution in [0.25, 0.3) is 0 Å². The number of hydrogen-bond acceptors (Lipinski definition) is 3. The number of aliphatic hydroxyl groups excluding tert-OH is 1. The Kier molecular flexibility index (Phi) is 4.96. The number of nitrogens with one attached hydrogen (secondary N) is 1. The maximum absolute atomic E-state index is 12.1. The predicted octanol–water partition coefficient (Wildman–Crippen LogP) is 1.70. The van der Waals surface area contributed by atoms with Crippen molar-refractivity contribution < 1.29 is 27.8 Å². The maximum atomic E-state index is 12.1. The second-order valence-electron chi connectivity index (χ2n) is 3.38. The Labute approximate surface area is 101 Å². The summed E-state index contributed by atoms with van der Waals surface area (Å²) < 4.78 is 40.1. The van der Waals surface area contributed by atoms with Crippen molar-refractivity contribution in [3.8, 4) is 5.75 Å². The third kappa shape index (κ3) is 4.62. The molecule has 0 aliphatic carbocycles. The van der Waals surface area contributed by atoms with E-state index in [0.717, 1.165) is 6.07 Å². The lowest BCUT2D eigenvalue weighted by Crippen LogP contribution is -2.27. The number of carbonyl (C=O) groups is 1. The van der Waals surface area contributed by atoms with Gasteiger partial charge in [0.2, 0.25) is 0 Å². The third-order valence-electron chi connectivity index (χ3n) is 1.98. The molecule has 100 valence electrons. The molecule has 0 atom stereocenters. The summed E-state index contributed by atoms with van der Waals surface area (Å²) in [4.78, 5) is 11.6. The first-order valence-electron chi connectivity index (χ1n) is 5.18. The van der Waals surface area contributed by atoms with Crippen LogP contribution in [0, 0.1) is 0 Å². The van der Waals surface area contributed by atoms with E-state index in [0.29, 0.717) is 6.42 Å². The van der Waals surface area contributed by atoms with E-state index in [2.05, 4.69) is 10.1 Å². The van der Waals surface area contributed by atoms with E-state index >= 15 is 0 Å². The zero-order valence-electron chi connectivity index (χ0n) is 9.33. The minimum absolute atomic E-state index is 0.110. The minimum Gasteiger partial charge on any atom is -0.405 e. The quantitative estimate of drug-likeness (QED) is 0.795. The van der Waals surface area contributed by atoms with Gasteiger partial charge in [0.25, 0.3) is 5.91 Å². The fourth-order valence-electron chi connectivity index (χ4n) is 1.24. The van der Waals surface area contributed by atoms with Gasteiger partial charge in [-0.1, -0.05) is 12.1 Å². The van der Waals surface area contributed by atoms with Gasteiger partial charge in [-0.05, 0) is 18.6 Å². The van der Waals surface area contributed by atoms with E-state index in [1.165, 1.54) is 18.2 Å². The number of halogens is 3. The molecule has 1 rings (SSSR count). The van der Waals surface area contributed by atoms with Crippen LogP contribution in [0.3, 0.4) is 0 Å². The van der Waals surface area contributed by atoms with Gasteiger partial charge in [0, 0.05) is 13.2 Å². The molecular formula is C11H12F3NO3. The summed E-state index contributed by atoms with van der Waals surface area (Å²) in [5, 5.41) is 10.9. The molecule has 1 aromatic rings. The van der Waals surface area contributed by atoms with Gasteiger partial charge in [0.1, 0.15) is 5.75 Å². The molecule has 0 aliphatic heterocycles. The normalized spacial score (nSPS) is 11.1. The number of aliphatic hydroxyl groups is 1. The summed E-state index contributed by atoms with van der Waals surface area (Å²) in [7, 11) is 0. The Morgan fingerprint density at radius 2 is 2.00 bits per heavy atom. The van der Waals surface area contributed by atoms with Crippen LogP contribution in [0.5, 0.6) is 5.75 Å². The number of alkyl halides is 3. The second kappa shape index (κ2) is 6.25. The molecule has 7 heteroatoms. The predicted molar refractivity (Wildman–Crippen MR) is 57.2 cm³/mol. The third-order valence-corrected chi connectivity index (χ3v) is 1.98. The highest BCUT2D eigenvalue weighted by Crippen LogP contribution is 2.25. The van der Waals surface area contributed by atoms with Crippen molar-refractivity contribution in [1.82, 2.24) is 5.32 Å². The standard InChI is InChI=1S/C11H12F3NO3/c12-11(13,14)18-9-5-2-1-4-8(9)10(17)15-6-3-7-16/h1-2,4-5,16H,3,6-7H2,(H,15,17). The fourth-order valence-corrected chi connectivity index (χ4v) is 1.24. The first-order valence-corrected chi connectivity index (χ1v) is 5.18. The zero-order chi connectivity index (χ0) is 13.6. The molecule has 1 aromatic carbocycles. The van der Waals surface area contributed by atoms with E-state index in [1.807, 2.05) is 0 Å². The number of benzene rings is 1. The van der Waals surface area contributed by atoms with Crippen molar-refractivity contribution in [1.29, 1.82) is 0 Å². The van der Waals surface area contributed by atoms with Crippen molar-refractivity contribution in [3.05, 3.63) is 29.8 Å². The van der Waals surface area contributed by atoms with Crippen LogP contribution in [0.4, 0.5) is 13.2 Å². The molecule has 0 unspecified atom stereocenters. The molecule has 0 aromatic heterocycles. The molecule has 2 N–H and O–H groups in total. The largest absolute Gasteiger partial charge is 0.573 e. The van der Waals surface area contributed by atoms with Crippen molar-refractivity contribution in [3.63, 3.8) is 0 Å². The molecule has 0 bridgehead atoms. The highest BCUT2D eigenvalue weighted by molar-refractivity contribution is 5.96. The molecular weight excluding hydrogens is 251 g/mol. The lowest BCUT2D eigenvalue weighted by Gasteiger charge is -2.12. The second-order valence-corrected chi connectivity index (χ2v) is 3.38. The van der Waals surface area contributed by atoms with Crippen LogP contribution < -0.4 is 10.1 Å². The number of hydrogen-bond donors (Lipinski definition) is 2. The van der Waals surface area contributed by atoms with Gasteiger partial charge in [0.05, 0.1) is 5.56 Å². The smallest absolute Gasteiger partial charge is 0.405 e. The molecule has 0 aliphatic rings. The Morgan fingerprint density at radius 1 is 1.33 bits per heavy atom. The highest BCUT2D eigenvalue weighted by Gasteiger charge is 2.32. The van der Waals surface area contributed by atoms with Gasteiger partial charge in [-0.3, -0.25) is 4.79 Å². The molecule has 0 radical (unpaired) electrons. The van der Waals surface area contributed by atoms with Gasteiger partial charge in [-0.2, -0.15) is 0 Å². The maximum Gasteiger partial charge on any atom is 0.573 e. The SMILES string of the molecule is O=C(NCCCO)c1ccccc1OC(F)(F)F. The highest BCUT2D eigenvalue weighted by atomic mass is 19.4. The number of ether oxygens (including phenoxy) is 1. The average Bonchev–Trinajstić information content (AvgIpc) is 2.27. The summed E-state index contributed by atoms with van der Waals surface area (Å²) in [5.74, 6) is -1.23. The Balaban J connectivity index is 2.78. The van der Waals surface area contributed by atoms with Crippen LogP contribution in [0.15, 0.2) is 24.3 Å². The van der Waals surface area contributed by atoms with Gasteiger partial charge in [-0.25, -0.2) is 0 Å². The lowest BCUT2D eigenvalue weighted by atomic mass is 10.2. The summed E-state index contributed by atoms with van der Waals surface area (Å²) >= 11 is 0. The van der Waals surface area contributed by atoms with Crippen LogP contribution in [-0.4, -0.2) is 30.5 Å². The van der Waals surface area contributed by atoms with Crippen molar-refractivity contribution in [2.75, 3.05) is 13.2 Å². The van der Waals surface area contributed by atoms with Crippen molar-refractivity contribution in [2.24, 2.45) is 0 Å². The molecule has 0 fully saturated rings. The molecule has 18 heavy (non-hydrogen) atoms. The summed E-state index contributed by atoms with van der Waals surface area (Å²) in [6.07, 6.45) is -4.52. The molecule has 4 nitrogen and oxygen atoms in total.